The lowest BCUT2D eigenvalue weighted by atomic mass is 10.1. The molecule has 2 aromatic rings. The van der Waals surface area contributed by atoms with Gasteiger partial charge in [-0.25, -0.2) is 0 Å². The second kappa shape index (κ2) is 6.74. The third-order valence-corrected chi connectivity index (χ3v) is 3.63. The molecule has 3 N–H and O–H groups in total. The van der Waals surface area contributed by atoms with Crippen LogP contribution < -0.4 is 16.2 Å². The highest BCUT2D eigenvalue weighted by Gasteiger charge is 2.18. The van der Waals surface area contributed by atoms with Gasteiger partial charge in [0, 0.05) is 29.6 Å². The van der Waals surface area contributed by atoms with E-state index < -0.39 is 0 Å². The summed E-state index contributed by atoms with van der Waals surface area (Å²) >= 11 is 0. The summed E-state index contributed by atoms with van der Waals surface area (Å²) in [6, 6.07) is 8.85. The number of aromatic amines is 1. The Morgan fingerprint density at radius 2 is 2.10 bits per heavy atom. The second-order valence-electron chi connectivity index (χ2n) is 5.11. The zero-order valence-electron chi connectivity index (χ0n) is 11.5. The van der Waals surface area contributed by atoms with Crippen LogP contribution in [0.5, 0.6) is 0 Å². The van der Waals surface area contributed by atoms with Crippen LogP contribution in [0.3, 0.4) is 0 Å². The fourth-order valence-electron chi connectivity index (χ4n) is 2.63. The average molecular weight is 308 g/mol. The van der Waals surface area contributed by atoms with Crippen LogP contribution in [0.15, 0.2) is 35.1 Å². The van der Waals surface area contributed by atoms with Gasteiger partial charge in [0.2, 0.25) is 5.56 Å². The number of fused-ring (bicyclic) bond motifs is 1. The highest BCUT2D eigenvalue weighted by molar-refractivity contribution is 6.06. The van der Waals surface area contributed by atoms with E-state index in [1.54, 1.807) is 6.07 Å². The van der Waals surface area contributed by atoms with Gasteiger partial charge in [-0.05, 0) is 25.5 Å². The molecule has 1 fully saturated rings. The number of hydrogen-bond donors (Lipinski definition) is 3. The predicted molar refractivity (Wildman–Crippen MR) is 85.2 cm³/mol. The Kier molecular flexibility index (Phi) is 4.98. The number of carbonyl (C=O) groups is 1. The van der Waals surface area contributed by atoms with Crippen LogP contribution >= 0.6 is 12.4 Å². The van der Waals surface area contributed by atoms with E-state index in [2.05, 4.69) is 15.6 Å². The highest BCUT2D eigenvalue weighted by Crippen LogP contribution is 2.15. The molecule has 0 spiro atoms. The zero-order chi connectivity index (χ0) is 13.9. The lowest BCUT2D eigenvalue weighted by molar-refractivity contribution is 0.0932. The van der Waals surface area contributed by atoms with Crippen LogP contribution in [0.1, 0.15) is 23.2 Å². The van der Waals surface area contributed by atoms with E-state index in [4.69, 9.17) is 0 Å². The van der Waals surface area contributed by atoms with Crippen molar-refractivity contribution in [3.63, 3.8) is 0 Å². The van der Waals surface area contributed by atoms with Crippen LogP contribution in [0.2, 0.25) is 0 Å². The van der Waals surface area contributed by atoms with Gasteiger partial charge >= 0.3 is 0 Å². The van der Waals surface area contributed by atoms with E-state index in [1.165, 1.54) is 6.07 Å². The third kappa shape index (κ3) is 3.43. The summed E-state index contributed by atoms with van der Waals surface area (Å²) in [5.74, 6) is -0.180. The smallest absolute Gasteiger partial charge is 0.252 e. The molecule has 2 heterocycles. The first-order chi connectivity index (χ1) is 9.74. The highest BCUT2D eigenvalue weighted by atomic mass is 35.5. The molecule has 1 aliphatic heterocycles. The predicted octanol–water partition coefficient (Wildman–Crippen LogP) is 1.43. The largest absolute Gasteiger partial charge is 0.348 e. The molecule has 0 saturated carbocycles. The number of hydrogen-bond acceptors (Lipinski definition) is 3. The van der Waals surface area contributed by atoms with E-state index in [9.17, 15) is 9.59 Å². The maximum Gasteiger partial charge on any atom is 0.252 e. The van der Waals surface area contributed by atoms with E-state index in [-0.39, 0.29) is 29.9 Å². The van der Waals surface area contributed by atoms with E-state index in [1.807, 2.05) is 18.2 Å². The Morgan fingerprint density at radius 3 is 2.86 bits per heavy atom. The van der Waals surface area contributed by atoms with Gasteiger partial charge in [-0.15, -0.1) is 12.4 Å². The molecular formula is C15H18ClN3O2. The first-order valence-corrected chi connectivity index (χ1v) is 6.88. The van der Waals surface area contributed by atoms with Gasteiger partial charge < -0.3 is 15.6 Å². The van der Waals surface area contributed by atoms with Crippen molar-refractivity contribution in [2.75, 3.05) is 13.1 Å². The normalized spacial score (nSPS) is 18.0. The van der Waals surface area contributed by atoms with Gasteiger partial charge in [-0.3, -0.25) is 9.59 Å². The van der Waals surface area contributed by atoms with Crippen LogP contribution in [0.25, 0.3) is 10.9 Å². The van der Waals surface area contributed by atoms with Crippen molar-refractivity contribution in [1.82, 2.24) is 15.6 Å². The monoisotopic (exact) mass is 307 g/mol. The van der Waals surface area contributed by atoms with Gasteiger partial charge in [0.15, 0.2) is 0 Å². The van der Waals surface area contributed by atoms with Gasteiger partial charge in [0.25, 0.3) is 5.91 Å². The fraction of sp³-hybridized carbons (Fsp3) is 0.333. The van der Waals surface area contributed by atoms with Crippen molar-refractivity contribution in [2.45, 2.75) is 18.9 Å². The third-order valence-electron chi connectivity index (χ3n) is 3.63. The van der Waals surface area contributed by atoms with Crippen molar-refractivity contribution in [3.8, 4) is 0 Å². The second-order valence-corrected chi connectivity index (χ2v) is 5.11. The number of amides is 1. The molecule has 1 saturated heterocycles. The molecule has 5 nitrogen and oxygen atoms in total. The first kappa shape index (κ1) is 15.5. The number of piperidine rings is 1. The number of nitrogens with one attached hydrogen (secondary N) is 3. The molecule has 1 aromatic heterocycles. The number of benzene rings is 1. The van der Waals surface area contributed by atoms with Crippen molar-refractivity contribution in [2.24, 2.45) is 0 Å². The van der Waals surface area contributed by atoms with Crippen LogP contribution in [-0.4, -0.2) is 30.0 Å². The Labute approximate surface area is 128 Å². The SMILES string of the molecule is Cl.O=C(N[C@H]1CCCNC1)c1cc(=O)[nH]c2ccccc12. The molecule has 6 heteroatoms. The van der Waals surface area contributed by atoms with Crippen molar-refractivity contribution >= 4 is 29.2 Å². The summed E-state index contributed by atoms with van der Waals surface area (Å²) in [5.41, 5.74) is 0.873. The van der Waals surface area contributed by atoms with E-state index in [0.29, 0.717) is 11.1 Å². The topological polar surface area (TPSA) is 74.0 Å². The van der Waals surface area contributed by atoms with Crippen molar-refractivity contribution in [3.05, 3.63) is 46.2 Å². The Balaban J connectivity index is 0.00000161. The minimum Gasteiger partial charge on any atom is -0.348 e. The zero-order valence-corrected chi connectivity index (χ0v) is 12.3. The summed E-state index contributed by atoms with van der Waals surface area (Å²) in [5, 5.41) is 7.03. The lowest BCUT2D eigenvalue weighted by Gasteiger charge is -2.24. The number of para-hydroxylation sites is 1. The van der Waals surface area contributed by atoms with Gasteiger partial charge in [0.1, 0.15) is 0 Å². The molecule has 112 valence electrons. The van der Waals surface area contributed by atoms with Crippen LogP contribution in [0.4, 0.5) is 0 Å². The minimum atomic E-state index is -0.254. The van der Waals surface area contributed by atoms with E-state index in [0.717, 1.165) is 31.3 Å². The molecule has 1 amide bonds. The van der Waals surface area contributed by atoms with Crippen LogP contribution in [-0.2, 0) is 0 Å². The molecule has 21 heavy (non-hydrogen) atoms. The minimum absolute atomic E-state index is 0. The molecule has 1 atom stereocenters. The Bertz CT molecular complexity index is 693. The molecule has 3 rings (SSSR count). The summed E-state index contributed by atoms with van der Waals surface area (Å²) in [6.45, 7) is 1.78. The van der Waals surface area contributed by atoms with Gasteiger partial charge in [0.05, 0.1) is 5.56 Å². The summed E-state index contributed by atoms with van der Waals surface area (Å²) in [7, 11) is 0. The van der Waals surface area contributed by atoms with Crippen LogP contribution in [0, 0.1) is 0 Å². The van der Waals surface area contributed by atoms with Gasteiger partial charge in [-0.1, -0.05) is 18.2 Å². The lowest BCUT2D eigenvalue weighted by Crippen LogP contribution is -2.45. The summed E-state index contributed by atoms with van der Waals surface area (Å²) in [6.07, 6.45) is 2.03. The Morgan fingerprint density at radius 1 is 1.29 bits per heavy atom. The number of H-pyrrole nitrogens is 1. The number of pyridine rings is 1. The molecule has 0 radical (unpaired) electrons. The molecule has 1 aromatic carbocycles. The number of rotatable bonds is 2. The molecule has 0 unspecified atom stereocenters. The number of aromatic nitrogens is 1. The molecule has 0 aliphatic carbocycles. The van der Waals surface area contributed by atoms with Gasteiger partial charge in [-0.2, -0.15) is 0 Å². The summed E-state index contributed by atoms with van der Waals surface area (Å²) in [4.78, 5) is 26.8. The molecule has 1 aliphatic rings. The summed E-state index contributed by atoms with van der Waals surface area (Å²) < 4.78 is 0. The fourth-order valence-corrected chi connectivity index (χ4v) is 2.63. The number of carbonyl (C=O) groups excluding carboxylic acids is 1. The first-order valence-electron chi connectivity index (χ1n) is 6.88. The van der Waals surface area contributed by atoms with Crippen molar-refractivity contribution in [1.29, 1.82) is 0 Å². The molecule has 0 bridgehead atoms. The molecular weight excluding hydrogens is 290 g/mol. The number of halogens is 1. The maximum atomic E-state index is 12.4. The quantitative estimate of drug-likeness (QED) is 0.786. The average Bonchev–Trinajstić information content (AvgIpc) is 2.47. The standard InChI is InChI=1S/C15H17N3O2.ClH/c19-14-8-12(11-5-1-2-6-13(11)18-14)15(20)17-10-4-3-7-16-9-10;/h1-2,5-6,8,10,16H,3-4,7,9H2,(H,17,20)(H,18,19);1H/t10-;/m0./s1. The maximum absolute atomic E-state index is 12.4. The van der Waals surface area contributed by atoms with Crippen molar-refractivity contribution < 1.29 is 4.79 Å². The van der Waals surface area contributed by atoms with E-state index >= 15 is 0 Å². The Hall–Kier alpha value is -1.85.